The molecule has 2 aromatic carbocycles. The van der Waals surface area contributed by atoms with E-state index < -0.39 is 20.0 Å². The molecule has 4 aliphatic rings. The molecule has 0 radical (unpaired) electrons. The van der Waals surface area contributed by atoms with Gasteiger partial charge < -0.3 is 10.2 Å². The molecule has 18 nitrogen and oxygen atoms in total. The van der Waals surface area contributed by atoms with Crippen LogP contribution >= 0.6 is 15.9 Å². The van der Waals surface area contributed by atoms with E-state index in [1.165, 1.54) is 78.3 Å². The lowest BCUT2D eigenvalue weighted by atomic mass is 9.84. The van der Waals surface area contributed by atoms with Crippen molar-refractivity contribution in [2.45, 2.75) is 98.9 Å². The molecule has 4 fully saturated rings. The van der Waals surface area contributed by atoms with Crippen molar-refractivity contribution in [3.05, 3.63) is 101 Å². The van der Waals surface area contributed by atoms with Crippen LogP contribution in [0.5, 0.6) is 0 Å². The highest BCUT2D eigenvalue weighted by molar-refractivity contribution is 9.10. The molecular weight excluding hydrogens is 957 g/mol. The second-order valence-corrected chi connectivity index (χ2v) is 22.3. The first kappa shape index (κ1) is 48.4. The Hall–Kier alpha value is -5.06. The van der Waals surface area contributed by atoms with E-state index >= 15 is 0 Å². The summed E-state index contributed by atoms with van der Waals surface area (Å²) in [4.78, 5) is 14.0. The molecule has 0 amide bonds. The fourth-order valence-corrected chi connectivity index (χ4v) is 10.7. The van der Waals surface area contributed by atoms with Crippen molar-refractivity contribution < 1.29 is 16.8 Å². The van der Waals surface area contributed by atoms with Gasteiger partial charge in [-0.3, -0.25) is 9.97 Å². The summed E-state index contributed by atoms with van der Waals surface area (Å²) in [5.41, 5.74) is 4.79. The molecule has 2 aliphatic carbocycles. The van der Waals surface area contributed by atoms with E-state index in [9.17, 15) is 16.8 Å². The summed E-state index contributed by atoms with van der Waals surface area (Å²) in [6, 6.07) is 18.7. The summed E-state index contributed by atoms with van der Waals surface area (Å²) >= 11 is 3.25. The Morgan fingerprint density at radius 3 is 1.54 bits per heavy atom. The number of sulfonamides is 2. The van der Waals surface area contributed by atoms with Crippen LogP contribution in [-0.4, -0.2) is 107 Å². The number of halogens is 1. The highest BCUT2D eigenvalue weighted by Gasteiger charge is 2.32. The third-order valence-corrected chi connectivity index (χ3v) is 16.3. The first-order valence-electron chi connectivity index (χ1n) is 23.1. The summed E-state index contributed by atoms with van der Waals surface area (Å²) in [6.45, 7) is 3.23. The molecule has 2 saturated heterocycles. The normalized spacial score (nSPS) is 17.4. The van der Waals surface area contributed by atoms with Gasteiger partial charge in [-0.15, -0.1) is 20.4 Å². The molecule has 6 heterocycles. The Balaban J connectivity index is 0.000000161. The molecule has 2 saturated carbocycles. The predicted molar refractivity (Wildman–Crippen MR) is 259 cm³/mol. The van der Waals surface area contributed by atoms with E-state index in [0.717, 1.165) is 71.4 Å². The van der Waals surface area contributed by atoms with Crippen molar-refractivity contribution >= 4 is 41.7 Å². The van der Waals surface area contributed by atoms with Crippen LogP contribution in [0.4, 0.5) is 5.69 Å². The standard InChI is InChI=1S/C23H29N7O2S.C18H26N6O2S.C5H4BrN/c1-24-33(31,32)21-10-9-18(12-17-6-3-2-4-7-17)22(13-21)23-26-28-30(27-23)20-15-29(16-20)19-8-5-11-25-14-19;1-19-27(25,26)16-8-7-14(9-13-5-3-2-4-6-13)17(10-16)18-21-23-24(22-18)15-11-20-12-15;6-5-2-1-3-7-4-5/h5,8-11,13-14,17,20,24H,2-4,6-7,12,15-16H2,1H3;7-8,10,13,15,19-20H,2-6,9,11-12H2,1H3;1-4H. The summed E-state index contributed by atoms with van der Waals surface area (Å²) in [5, 5.41) is 29.5. The van der Waals surface area contributed by atoms with Crippen molar-refractivity contribution in [3.63, 3.8) is 0 Å². The minimum atomic E-state index is -3.56. The van der Waals surface area contributed by atoms with E-state index in [-0.39, 0.29) is 21.9 Å². The van der Waals surface area contributed by atoms with Crippen LogP contribution in [0.15, 0.2) is 99.7 Å². The SMILES string of the molecule is Brc1cccnc1.CNS(=O)(=O)c1ccc(CC2CCCCC2)c(-c2nnn(C3CN(c4cccnc4)C3)n2)c1.CNS(=O)(=O)c1ccc(CC2CCCCC2)c(-c2nnn(C3CNC3)n2)c1. The largest absolute Gasteiger partial charge is 0.366 e. The summed E-state index contributed by atoms with van der Waals surface area (Å²) < 4.78 is 55.2. The Morgan fingerprint density at radius 2 is 1.13 bits per heavy atom. The van der Waals surface area contributed by atoms with E-state index in [1.807, 2.05) is 42.6 Å². The number of hydrogen-bond donors (Lipinski definition) is 3. The van der Waals surface area contributed by atoms with Gasteiger partial charge in [0.15, 0.2) is 0 Å². The second-order valence-electron chi connectivity index (χ2n) is 17.6. The van der Waals surface area contributed by atoms with Gasteiger partial charge in [0, 0.05) is 60.4 Å². The average molecular weight is 1020 g/mol. The first-order valence-corrected chi connectivity index (χ1v) is 26.9. The molecule has 4 aromatic heterocycles. The summed E-state index contributed by atoms with van der Waals surface area (Å²) in [5.74, 6) is 2.23. The number of anilines is 1. The number of pyridine rings is 2. The molecule has 0 atom stereocenters. The average Bonchev–Trinajstić information content (AvgIpc) is 4.01. The van der Waals surface area contributed by atoms with Crippen LogP contribution in [0.25, 0.3) is 22.8 Å². The fourth-order valence-electron chi connectivity index (χ4n) is 8.96. The molecule has 0 unspecified atom stereocenters. The number of tetrazole rings is 2. The monoisotopic (exact) mass is 1010 g/mol. The predicted octanol–water partition coefficient (Wildman–Crippen LogP) is 6.19. The third kappa shape index (κ3) is 12.3. The summed E-state index contributed by atoms with van der Waals surface area (Å²) in [7, 11) is -4.25. The second kappa shape index (κ2) is 22.4. The maximum Gasteiger partial charge on any atom is 0.240 e. The maximum absolute atomic E-state index is 12.4. The Labute approximate surface area is 401 Å². The molecule has 6 aromatic rings. The lowest BCUT2D eigenvalue weighted by Crippen LogP contribution is -2.48. The first-order chi connectivity index (χ1) is 32.5. The van der Waals surface area contributed by atoms with Crippen LogP contribution in [-0.2, 0) is 32.9 Å². The topological polar surface area (TPSA) is 221 Å². The van der Waals surface area contributed by atoms with Crippen molar-refractivity contribution in [2.24, 2.45) is 11.8 Å². The van der Waals surface area contributed by atoms with Gasteiger partial charge >= 0.3 is 0 Å². The molecule has 10 rings (SSSR count). The lowest BCUT2D eigenvalue weighted by molar-refractivity contribution is 0.285. The number of nitrogens with zero attached hydrogens (tertiary/aromatic N) is 11. The minimum Gasteiger partial charge on any atom is -0.366 e. The van der Waals surface area contributed by atoms with Gasteiger partial charge in [0.1, 0.15) is 6.04 Å². The minimum absolute atomic E-state index is 0.123. The molecule has 3 N–H and O–H groups in total. The maximum atomic E-state index is 12.4. The Bertz CT molecular complexity index is 2760. The molecule has 356 valence electrons. The van der Waals surface area contributed by atoms with Crippen LogP contribution in [0.1, 0.15) is 87.4 Å². The Kier molecular flexibility index (Phi) is 16.2. The van der Waals surface area contributed by atoms with Gasteiger partial charge in [-0.25, -0.2) is 26.3 Å². The third-order valence-electron chi connectivity index (χ3n) is 13.0. The molecular formula is C46H59BrN14O4S2. The number of rotatable bonds is 13. The van der Waals surface area contributed by atoms with Crippen molar-refractivity contribution in [2.75, 3.05) is 45.2 Å². The Morgan fingerprint density at radius 1 is 0.642 bits per heavy atom. The quantitative estimate of drug-likeness (QED) is 0.118. The van der Waals surface area contributed by atoms with Crippen LogP contribution in [0.2, 0.25) is 0 Å². The van der Waals surface area contributed by atoms with Gasteiger partial charge in [-0.1, -0.05) is 76.3 Å². The van der Waals surface area contributed by atoms with Gasteiger partial charge in [0.25, 0.3) is 0 Å². The molecule has 2 aliphatic heterocycles. The number of nitrogens with one attached hydrogen (secondary N) is 3. The number of benzene rings is 2. The smallest absolute Gasteiger partial charge is 0.240 e. The molecule has 0 bridgehead atoms. The highest BCUT2D eigenvalue weighted by atomic mass is 79.9. The number of hydrogen-bond acceptors (Lipinski definition) is 14. The zero-order valence-electron chi connectivity index (χ0n) is 38.0. The zero-order chi connectivity index (χ0) is 46.8. The number of aromatic nitrogens is 10. The van der Waals surface area contributed by atoms with Crippen LogP contribution in [0, 0.1) is 11.8 Å². The zero-order valence-corrected chi connectivity index (χ0v) is 41.2. The van der Waals surface area contributed by atoms with Crippen molar-refractivity contribution in [1.29, 1.82) is 0 Å². The molecule has 67 heavy (non-hydrogen) atoms. The molecule has 21 heteroatoms. The van der Waals surface area contributed by atoms with E-state index in [0.29, 0.717) is 23.5 Å². The van der Waals surface area contributed by atoms with E-state index in [2.05, 4.69) is 76.4 Å². The van der Waals surface area contributed by atoms with Crippen LogP contribution in [0.3, 0.4) is 0 Å². The van der Waals surface area contributed by atoms with Gasteiger partial charge in [-0.2, -0.15) is 9.59 Å². The van der Waals surface area contributed by atoms with Gasteiger partial charge in [0.05, 0.1) is 27.7 Å². The van der Waals surface area contributed by atoms with E-state index in [4.69, 9.17) is 0 Å². The summed E-state index contributed by atoms with van der Waals surface area (Å²) in [6.07, 6.45) is 21.5. The van der Waals surface area contributed by atoms with E-state index in [1.54, 1.807) is 52.4 Å². The van der Waals surface area contributed by atoms with Gasteiger partial charge in [-0.05, 0) is 125 Å². The van der Waals surface area contributed by atoms with Gasteiger partial charge in [0.2, 0.25) is 31.7 Å². The molecule has 0 spiro atoms. The lowest BCUT2D eigenvalue weighted by Gasteiger charge is -2.39. The van der Waals surface area contributed by atoms with Crippen molar-refractivity contribution in [1.82, 2.24) is 65.1 Å². The highest BCUT2D eigenvalue weighted by Crippen LogP contribution is 2.34. The van der Waals surface area contributed by atoms with Crippen LogP contribution < -0.4 is 19.7 Å². The fraction of sp³-hybridized carbons (Fsp3) is 0.478. The van der Waals surface area contributed by atoms with Crippen molar-refractivity contribution in [3.8, 4) is 22.8 Å².